The number of aromatic nitrogens is 2. The summed E-state index contributed by atoms with van der Waals surface area (Å²) in [5.41, 5.74) is 0.225. The second-order valence-electron chi connectivity index (χ2n) is 3.94. The van der Waals surface area contributed by atoms with Crippen LogP contribution in [0.1, 0.15) is 0 Å². The molecule has 0 atom stereocenters. The molecule has 3 rings (SSSR count). The molecule has 1 aromatic carbocycles. The first-order valence-electron chi connectivity index (χ1n) is 5.57. The summed E-state index contributed by atoms with van der Waals surface area (Å²) in [4.78, 5) is 15.2. The molecule has 6 nitrogen and oxygen atoms in total. The SMILES string of the molecule is O=[N+]([O-])c1cc(-c2noc(-c3sccc3Cl)n2)ccc1Cl. The van der Waals surface area contributed by atoms with Gasteiger partial charge >= 0.3 is 0 Å². The molecule has 106 valence electrons. The highest BCUT2D eigenvalue weighted by molar-refractivity contribution is 7.14. The maximum absolute atomic E-state index is 10.9. The topological polar surface area (TPSA) is 82.1 Å². The molecule has 0 N–H and O–H groups in total. The molecular formula is C12H5Cl2N3O3S. The van der Waals surface area contributed by atoms with E-state index in [4.69, 9.17) is 27.7 Å². The summed E-state index contributed by atoms with van der Waals surface area (Å²) < 4.78 is 5.14. The van der Waals surface area contributed by atoms with Crippen LogP contribution in [0.4, 0.5) is 5.69 Å². The van der Waals surface area contributed by atoms with Gasteiger partial charge in [0.05, 0.1) is 9.95 Å². The Morgan fingerprint density at radius 3 is 2.71 bits per heavy atom. The zero-order chi connectivity index (χ0) is 15.0. The van der Waals surface area contributed by atoms with Crippen LogP contribution >= 0.6 is 34.5 Å². The van der Waals surface area contributed by atoms with Crippen molar-refractivity contribution in [1.82, 2.24) is 10.1 Å². The molecule has 0 aliphatic carbocycles. The first-order chi connectivity index (χ1) is 10.1. The number of nitrogens with zero attached hydrogens (tertiary/aromatic N) is 3. The van der Waals surface area contributed by atoms with Gasteiger partial charge in [0.1, 0.15) is 9.90 Å². The van der Waals surface area contributed by atoms with Crippen molar-refractivity contribution in [3.8, 4) is 22.2 Å². The van der Waals surface area contributed by atoms with Crippen LogP contribution in [-0.4, -0.2) is 15.1 Å². The second kappa shape index (κ2) is 5.44. The normalized spacial score (nSPS) is 10.8. The Morgan fingerprint density at radius 1 is 1.24 bits per heavy atom. The number of nitro benzene ring substituents is 1. The number of benzene rings is 1. The van der Waals surface area contributed by atoms with E-state index in [9.17, 15) is 10.1 Å². The Balaban J connectivity index is 2.03. The van der Waals surface area contributed by atoms with Crippen LogP contribution in [0, 0.1) is 10.1 Å². The molecule has 9 heteroatoms. The lowest BCUT2D eigenvalue weighted by atomic mass is 10.2. The van der Waals surface area contributed by atoms with Crippen molar-refractivity contribution in [2.24, 2.45) is 0 Å². The van der Waals surface area contributed by atoms with Crippen LogP contribution in [0.3, 0.4) is 0 Å². The van der Waals surface area contributed by atoms with E-state index >= 15 is 0 Å². The van der Waals surface area contributed by atoms with Crippen molar-refractivity contribution in [3.63, 3.8) is 0 Å². The van der Waals surface area contributed by atoms with E-state index in [1.54, 1.807) is 17.5 Å². The molecule has 0 saturated heterocycles. The predicted molar refractivity (Wildman–Crippen MR) is 79.7 cm³/mol. The van der Waals surface area contributed by atoms with Gasteiger partial charge in [-0.1, -0.05) is 28.4 Å². The lowest BCUT2D eigenvalue weighted by molar-refractivity contribution is -0.384. The summed E-state index contributed by atoms with van der Waals surface area (Å²) in [7, 11) is 0. The van der Waals surface area contributed by atoms with Crippen molar-refractivity contribution in [2.45, 2.75) is 0 Å². The highest BCUT2D eigenvalue weighted by atomic mass is 35.5. The van der Waals surface area contributed by atoms with Crippen LogP contribution in [0.25, 0.3) is 22.2 Å². The molecule has 0 spiro atoms. The number of hydrogen-bond acceptors (Lipinski definition) is 6. The third-order valence-corrected chi connectivity index (χ3v) is 4.29. The summed E-state index contributed by atoms with van der Waals surface area (Å²) >= 11 is 13.1. The van der Waals surface area contributed by atoms with Crippen LogP contribution in [0.15, 0.2) is 34.2 Å². The Morgan fingerprint density at radius 2 is 2.05 bits per heavy atom. The number of halogens is 2. The lowest BCUT2D eigenvalue weighted by Crippen LogP contribution is -1.90. The van der Waals surface area contributed by atoms with Crippen LogP contribution in [-0.2, 0) is 0 Å². The Bertz CT molecular complexity index is 831. The van der Waals surface area contributed by atoms with E-state index in [0.29, 0.717) is 15.5 Å². The fourth-order valence-electron chi connectivity index (χ4n) is 1.67. The quantitative estimate of drug-likeness (QED) is 0.510. The first kappa shape index (κ1) is 14.0. The smallest absolute Gasteiger partial charge is 0.288 e. The van der Waals surface area contributed by atoms with Crippen molar-refractivity contribution in [1.29, 1.82) is 0 Å². The van der Waals surface area contributed by atoms with Gasteiger partial charge in [-0.3, -0.25) is 10.1 Å². The van der Waals surface area contributed by atoms with Gasteiger partial charge in [-0.05, 0) is 23.6 Å². The molecule has 21 heavy (non-hydrogen) atoms. The maximum atomic E-state index is 10.9. The average molecular weight is 342 g/mol. The highest BCUT2D eigenvalue weighted by Crippen LogP contribution is 2.34. The van der Waals surface area contributed by atoms with Crippen molar-refractivity contribution in [3.05, 3.63) is 49.8 Å². The number of thiophene rings is 1. The average Bonchev–Trinajstić information content (AvgIpc) is 3.07. The predicted octanol–water partition coefficient (Wildman–Crippen LogP) is 4.68. The monoisotopic (exact) mass is 341 g/mol. The van der Waals surface area contributed by atoms with E-state index in [1.807, 2.05) is 0 Å². The fraction of sp³-hybridized carbons (Fsp3) is 0. The molecule has 0 aliphatic rings. The van der Waals surface area contributed by atoms with E-state index in [2.05, 4.69) is 10.1 Å². The summed E-state index contributed by atoms with van der Waals surface area (Å²) in [6.07, 6.45) is 0. The van der Waals surface area contributed by atoms with E-state index < -0.39 is 4.92 Å². The first-order valence-corrected chi connectivity index (χ1v) is 7.21. The molecule has 0 aliphatic heterocycles. The van der Waals surface area contributed by atoms with Crippen LogP contribution in [0.5, 0.6) is 0 Å². The summed E-state index contributed by atoms with van der Waals surface area (Å²) in [6.45, 7) is 0. The molecule has 0 fully saturated rings. The molecule has 0 bridgehead atoms. The second-order valence-corrected chi connectivity index (χ2v) is 5.67. The van der Waals surface area contributed by atoms with Gasteiger partial charge in [0.25, 0.3) is 11.6 Å². The lowest BCUT2D eigenvalue weighted by Gasteiger charge is -1.97. The van der Waals surface area contributed by atoms with Crippen LogP contribution < -0.4 is 0 Å². The van der Waals surface area contributed by atoms with E-state index in [0.717, 1.165) is 0 Å². The third-order valence-electron chi connectivity index (χ3n) is 2.64. The van der Waals surface area contributed by atoms with Crippen molar-refractivity contribution >= 4 is 40.2 Å². The van der Waals surface area contributed by atoms with Crippen LogP contribution in [0.2, 0.25) is 10.0 Å². The number of nitro groups is 1. The minimum absolute atomic E-state index is 0.0498. The zero-order valence-corrected chi connectivity index (χ0v) is 12.4. The standard InChI is InChI=1S/C12H5Cl2N3O3S/c13-7-2-1-6(5-9(7)17(18)19)11-15-12(20-16-11)10-8(14)3-4-21-10/h1-5H. The molecule has 2 heterocycles. The Labute approximate surface area is 132 Å². The minimum atomic E-state index is -0.567. The molecule has 0 amide bonds. The van der Waals surface area contributed by atoms with E-state index in [-0.39, 0.29) is 22.4 Å². The van der Waals surface area contributed by atoms with Gasteiger partial charge in [-0.15, -0.1) is 11.3 Å². The number of rotatable bonds is 3. The van der Waals surface area contributed by atoms with Gasteiger partial charge in [0, 0.05) is 11.6 Å². The van der Waals surface area contributed by atoms with Gasteiger partial charge < -0.3 is 4.52 Å². The van der Waals surface area contributed by atoms with Gasteiger partial charge in [-0.25, -0.2) is 0 Å². The van der Waals surface area contributed by atoms with E-state index in [1.165, 1.54) is 23.5 Å². The Hall–Kier alpha value is -1.96. The van der Waals surface area contributed by atoms with Crippen molar-refractivity contribution < 1.29 is 9.45 Å². The largest absolute Gasteiger partial charge is 0.333 e. The van der Waals surface area contributed by atoms with Gasteiger partial charge in [0.2, 0.25) is 5.82 Å². The summed E-state index contributed by atoms with van der Waals surface area (Å²) in [5, 5.41) is 17.1. The third kappa shape index (κ3) is 2.63. The van der Waals surface area contributed by atoms with Gasteiger partial charge in [-0.2, -0.15) is 4.98 Å². The van der Waals surface area contributed by atoms with Crippen molar-refractivity contribution in [2.75, 3.05) is 0 Å². The maximum Gasteiger partial charge on any atom is 0.288 e. The molecule has 0 unspecified atom stereocenters. The molecule has 0 saturated carbocycles. The molecular weight excluding hydrogens is 337 g/mol. The number of hydrogen-bond donors (Lipinski definition) is 0. The molecule has 2 aromatic heterocycles. The minimum Gasteiger partial charge on any atom is -0.333 e. The molecule has 0 radical (unpaired) electrons. The summed E-state index contributed by atoms with van der Waals surface area (Å²) in [6, 6.07) is 6.02. The zero-order valence-electron chi connectivity index (χ0n) is 10.1. The summed E-state index contributed by atoms with van der Waals surface area (Å²) in [5.74, 6) is 0.497. The highest BCUT2D eigenvalue weighted by Gasteiger charge is 2.18. The fourth-order valence-corrected chi connectivity index (χ4v) is 2.91. The molecule has 3 aromatic rings. The van der Waals surface area contributed by atoms with Gasteiger partial charge in [0.15, 0.2) is 0 Å². The Kier molecular flexibility index (Phi) is 3.62.